The molecule has 1 fully saturated rings. The van der Waals surface area contributed by atoms with Gasteiger partial charge in [-0.15, -0.1) is 0 Å². The number of sulfonamides is 1. The second-order valence-corrected chi connectivity index (χ2v) is 7.40. The third-order valence-corrected chi connectivity index (χ3v) is 6.29. The Kier molecular flexibility index (Phi) is 5.35. The lowest BCUT2D eigenvalue weighted by Gasteiger charge is -2.38. The Balaban J connectivity index is 2.32. The van der Waals surface area contributed by atoms with E-state index in [0.29, 0.717) is 13.1 Å². The van der Waals surface area contributed by atoms with E-state index in [4.69, 9.17) is 5.73 Å². The Bertz CT molecular complexity index is 560. The highest BCUT2D eigenvalue weighted by molar-refractivity contribution is 7.89. The minimum Gasteiger partial charge on any atom is -0.330 e. The number of nitrogens with zero attached hydrogens (tertiary/aromatic N) is 1. The van der Waals surface area contributed by atoms with Crippen molar-refractivity contribution in [2.75, 3.05) is 13.1 Å². The van der Waals surface area contributed by atoms with Crippen LogP contribution in [0.4, 0.5) is 4.39 Å². The Morgan fingerprint density at radius 3 is 2.43 bits per heavy atom. The predicted octanol–water partition coefficient (Wildman–Crippen LogP) is 2.35. The zero-order valence-corrected chi connectivity index (χ0v) is 13.2. The third-order valence-electron chi connectivity index (χ3n) is 4.27. The van der Waals surface area contributed by atoms with Crippen LogP contribution in [0, 0.1) is 11.7 Å². The van der Waals surface area contributed by atoms with Crippen molar-refractivity contribution in [3.05, 3.63) is 30.1 Å². The monoisotopic (exact) mass is 314 g/mol. The van der Waals surface area contributed by atoms with Crippen LogP contribution in [0.3, 0.4) is 0 Å². The van der Waals surface area contributed by atoms with Crippen molar-refractivity contribution in [2.45, 2.75) is 43.5 Å². The minimum atomic E-state index is -3.60. The van der Waals surface area contributed by atoms with Crippen LogP contribution in [-0.4, -0.2) is 31.9 Å². The fourth-order valence-electron chi connectivity index (χ4n) is 3.17. The van der Waals surface area contributed by atoms with Crippen molar-refractivity contribution in [3.63, 3.8) is 0 Å². The predicted molar refractivity (Wildman–Crippen MR) is 80.8 cm³/mol. The molecule has 1 aromatic rings. The van der Waals surface area contributed by atoms with Crippen molar-refractivity contribution >= 4 is 10.0 Å². The molecule has 0 aromatic heterocycles. The second-order valence-electron chi connectivity index (χ2n) is 5.51. The summed E-state index contributed by atoms with van der Waals surface area (Å²) < 4.78 is 40.1. The molecule has 1 aromatic carbocycles. The van der Waals surface area contributed by atoms with Crippen LogP contribution in [0.15, 0.2) is 29.2 Å². The summed E-state index contributed by atoms with van der Waals surface area (Å²) >= 11 is 0. The Hall–Kier alpha value is -0.980. The van der Waals surface area contributed by atoms with E-state index in [0.717, 1.165) is 25.7 Å². The molecule has 118 valence electrons. The highest BCUT2D eigenvalue weighted by Crippen LogP contribution is 2.31. The van der Waals surface area contributed by atoms with Gasteiger partial charge in [0.2, 0.25) is 10.0 Å². The first-order valence-corrected chi connectivity index (χ1v) is 8.92. The first kappa shape index (κ1) is 16.4. The summed E-state index contributed by atoms with van der Waals surface area (Å²) in [5, 5.41) is 0. The molecular weight excluding hydrogens is 291 g/mol. The zero-order valence-electron chi connectivity index (χ0n) is 12.3. The summed E-state index contributed by atoms with van der Waals surface area (Å²) in [6.07, 6.45) is 3.94. The van der Waals surface area contributed by atoms with Crippen LogP contribution in [0.5, 0.6) is 0 Å². The standard InChI is InChI=1S/C15H23FN2O2S/c1-2-18(15-6-4-3-5-12(15)11-17)21(19,20)14-9-7-13(16)8-10-14/h7-10,12,15H,2-6,11,17H2,1H3. The van der Waals surface area contributed by atoms with Gasteiger partial charge in [-0.05, 0) is 49.6 Å². The van der Waals surface area contributed by atoms with E-state index in [1.165, 1.54) is 28.6 Å². The van der Waals surface area contributed by atoms with Crippen LogP contribution in [0.25, 0.3) is 0 Å². The average Bonchev–Trinajstić information content (AvgIpc) is 2.48. The van der Waals surface area contributed by atoms with Crippen LogP contribution in [0.1, 0.15) is 32.6 Å². The van der Waals surface area contributed by atoms with Crippen LogP contribution in [-0.2, 0) is 10.0 Å². The molecule has 21 heavy (non-hydrogen) atoms. The third kappa shape index (κ3) is 3.44. The molecule has 2 rings (SSSR count). The van der Waals surface area contributed by atoms with Gasteiger partial charge < -0.3 is 5.73 Å². The molecular formula is C15H23FN2O2S. The molecule has 0 aliphatic heterocycles. The Morgan fingerprint density at radius 1 is 1.24 bits per heavy atom. The smallest absolute Gasteiger partial charge is 0.243 e. The highest BCUT2D eigenvalue weighted by atomic mass is 32.2. The van der Waals surface area contributed by atoms with E-state index in [1.807, 2.05) is 6.92 Å². The van der Waals surface area contributed by atoms with Gasteiger partial charge in [0.25, 0.3) is 0 Å². The van der Waals surface area contributed by atoms with E-state index < -0.39 is 15.8 Å². The van der Waals surface area contributed by atoms with Crippen LogP contribution < -0.4 is 5.73 Å². The zero-order chi connectivity index (χ0) is 15.5. The van der Waals surface area contributed by atoms with Gasteiger partial charge in [0.15, 0.2) is 0 Å². The van der Waals surface area contributed by atoms with Gasteiger partial charge in [-0.2, -0.15) is 4.31 Å². The molecule has 0 radical (unpaired) electrons. The van der Waals surface area contributed by atoms with E-state index >= 15 is 0 Å². The molecule has 1 aliphatic rings. The molecule has 2 N–H and O–H groups in total. The number of halogens is 1. The number of rotatable bonds is 5. The van der Waals surface area contributed by atoms with E-state index in [9.17, 15) is 12.8 Å². The van der Waals surface area contributed by atoms with Gasteiger partial charge in [0.05, 0.1) is 4.90 Å². The normalized spacial score (nSPS) is 23.4. The summed E-state index contributed by atoms with van der Waals surface area (Å²) in [4.78, 5) is 0.145. The summed E-state index contributed by atoms with van der Waals surface area (Å²) in [5.41, 5.74) is 5.82. The topological polar surface area (TPSA) is 63.4 Å². The van der Waals surface area contributed by atoms with Crippen LogP contribution >= 0.6 is 0 Å². The van der Waals surface area contributed by atoms with Crippen molar-refractivity contribution in [1.82, 2.24) is 4.31 Å². The Labute approximate surface area is 126 Å². The summed E-state index contributed by atoms with van der Waals surface area (Å²) in [6, 6.07) is 4.97. The number of benzene rings is 1. The largest absolute Gasteiger partial charge is 0.330 e. The van der Waals surface area contributed by atoms with Gasteiger partial charge in [-0.25, -0.2) is 12.8 Å². The number of nitrogens with two attached hydrogens (primary N) is 1. The fourth-order valence-corrected chi connectivity index (χ4v) is 4.89. The first-order chi connectivity index (χ1) is 10.0. The van der Waals surface area contributed by atoms with E-state index in [1.54, 1.807) is 0 Å². The molecule has 0 bridgehead atoms. The molecule has 0 heterocycles. The second kappa shape index (κ2) is 6.85. The van der Waals surface area contributed by atoms with Gasteiger partial charge in [-0.3, -0.25) is 0 Å². The molecule has 2 unspecified atom stereocenters. The highest BCUT2D eigenvalue weighted by Gasteiger charge is 2.35. The van der Waals surface area contributed by atoms with Crippen molar-refractivity contribution in [2.24, 2.45) is 11.7 Å². The maximum Gasteiger partial charge on any atom is 0.243 e. The van der Waals surface area contributed by atoms with Gasteiger partial charge in [-0.1, -0.05) is 19.8 Å². The van der Waals surface area contributed by atoms with Crippen LogP contribution in [0.2, 0.25) is 0 Å². The lowest BCUT2D eigenvalue weighted by molar-refractivity contribution is 0.187. The van der Waals surface area contributed by atoms with Gasteiger partial charge in [0, 0.05) is 12.6 Å². The van der Waals surface area contributed by atoms with Crippen molar-refractivity contribution in [1.29, 1.82) is 0 Å². The molecule has 4 nitrogen and oxygen atoms in total. The maximum atomic E-state index is 13.0. The van der Waals surface area contributed by atoms with Crippen molar-refractivity contribution in [3.8, 4) is 0 Å². The summed E-state index contributed by atoms with van der Waals surface area (Å²) in [5.74, 6) is -0.233. The number of hydrogen-bond acceptors (Lipinski definition) is 3. The molecule has 2 atom stereocenters. The molecule has 6 heteroatoms. The molecule has 0 spiro atoms. The lowest BCUT2D eigenvalue weighted by Crippen LogP contribution is -2.47. The van der Waals surface area contributed by atoms with Crippen molar-refractivity contribution < 1.29 is 12.8 Å². The summed E-state index contributed by atoms with van der Waals surface area (Å²) in [7, 11) is -3.60. The fraction of sp³-hybridized carbons (Fsp3) is 0.600. The van der Waals surface area contributed by atoms with E-state index in [2.05, 4.69) is 0 Å². The molecule has 1 saturated carbocycles. The average molecular weight is 314 g/mol. The summed E-state index contributed by atoms with van der Waals surface area (Å²) in [6.45, 7) is 2.74. The lowest BCUT2D eigenvalue weighted by atomic mass is 9.84. The first-order valence-electron chi connectivity index (χ1n) is 7.48. The number of hydrogen-bond donors (Lipinski definition) is 1. The minimum absolute atomic E-state index is 0.0520. The van der Waals surface area contributed by atoms with Gasteiger partial charge in [0.1, 0.15) is 5.82 Å². The van der Waals surface area contributed by atoms with E-state index in [-0.39, 0.29) is 16.9 Å². The maximum absolute atomic E-state index is 13.0. The molecule has 1 aliphatic carbocycles. The SMILES string of the molecule is CCN(C1CCCCC1CN)S(=O)(=O)c1ccc(F)cc1. The van der Waals surface area contributed by atoms with Gasteiger partial charge >= 0.3 is 0 Å². The Morgan fingerprint density at radius 2 is 1.86 bits per heavy atom. The quantitative estimate of drug-likeness (QED) is 0.907. The molecule has 0 amide bonds. The molecule has 0 saturated heterocycles.